The first-order chi connectivity index (χ1) is 8.65. The summed E-state index contributed by atoms with van der Waals surface area (Å²) in [7, 11) is 1.61. The summed E-state index contributed by atoms with van der Waals surface area (Å²) in [6, 6.07) is 3.74. The summed E-state index contributed by atoms with van der Waals surface area (Å²) in [5.41, 5.74) is 1.11. The fraction of sp³-hybridized carbons (Fsp3) is 0.538. The highest BCUT2D eigenvalue weighted by molar-refractivity contribution is 5.81. The largest absolute Gasteiger partial charge is 0.383 e. The molecule has 0 spiro atoms. The molecule has 0 saturated heterocycles. The summed E-state index contributed by atoms with van der Waals surface area (Å²) in [4.78, 5) is 15.7. The number of pyridine rings is 1. The molecule has 1 amide bonds. The van der Waals surface area contributed by atoms with Gasteiger partial charge in [-0.3, -0.25) is 15.1 Å². The van der Waals surface area contributed by atoms with Crippen molar-refractivity contribution in [2.45, 2.75) is 25.9 Å². The maximum Gasteiger partial charge on any atom is 0.236 e. The molecule has 2 N–H and O–H groups in total. The van der Waals surface area contributed by atoms with Crippen LogP contribution in [0.4, 0.5) is 0 Å². The Labute approximate surface area is 108 Å². The molecule has 5 nitrogen and oxygen atoms in total. The van der Waals surface area contributed by atoms with Crippen LogP contribution < -0.4 is 10.6 Å². The van der Waals surface area contributed by atoms with Gasteiger partial charge in [0.05, 0.1) is 12.6 Å². The van der Waals surface area contributed by atoms with Crippen LogP contribution in [0, 0.1) is 0 Å². The zero-order valence-electron chi connectivity index (χ0n) is 11.1. The molecule has 2 unspecified atom stereocenters. The van der Waals surface area contributed by atoms with E-state index in [1.807, 2.05) is 26.0 Å². The molecule has 18 heavy (non-hydrogen) atoms. The Hall–Kier alpha value is -1.46. The number of hydrogen-bond donors (Lipinski definition) is 2. The normalized spacial score (nSPS) is 13.9. The summed E-state index contributed by atoms with van der Waals surface area (Å²) >= 11 is 0. The van der Waals surface area contributed by atoms with Crippen LogP contribution in [0.2, 0.25) is 0 Å². The summed E-state index contributed by atoms with van der Waals surface area (Å²) in [5, 5.41) is 6.04. The van der Waals surface area contributed by atoms with Gasteiger partial charge in [0.15, 0.2) is 0 Å². The number of nitrogens with one attached hydrogen (secondary N) is 2. The zero-order chi connectivity index (χ0) is 13.4. The third-order valence-corrected chi connectivity index (χ3v) is 2.70. The lowest BCUT2D eigenvalue weighted by Gasteiger charge is -2.19. The van der Waals surface area contributed by atoms with Gasteiger partial charge in [-0.2, -0.15) is 0 Å². The van der Waals surface area contributed by atoms with Crippen molar-refractivity contribution >= 4 is 5.91 Å². The average molecular weight is 251 g/mol. The predicted octanol–water partition coefficient (Wildman–Crippen LogP) is 0.883. The van der Waals surface area contributed by atoms with Crippen LogP contribution in [0.25, 0.3) is 0 Å². The molecule has 0 aliphatic rings. The fourth-order valence-electron chi connectivity index (χ4n) is 1.63. The van der Waals surface area contributed by atoms with Crippen molar-refractivity contribution in [3.63, 3.8) is 0 Å². The fourth-order valence-corrected chi connectivity index (χ4v) is 1.63. The highest BCUT2D eigenvalue weighted by Gasteiger charge is 2.15. The predicted molar refractivity (Wildman–Crippen MR) is 70.1 cm³/mol. The summed E-state index contributed by atoms with van der Waals surface area (Å²) in [6.45, 7) is 4.93. The topological polar surface area (TPSA) is 63.2 Å². The van der Waals surface area contributed by atoms with Crippen LogP contribution in [0.1, 0.15) is 25.5 Å². The third kappa shape index (κ3) is 4.81. The van der Waals surface area contributed by atoms with Gasteiger partial charge in [-0.25, -0.2) is 0 Å². The van der Waals surface area contributed by atoms with Crippen molar-refractivity contribution in [3.05, 3.63) is 30.1 Å². The van der Waals surface area contributed by atoms with Gasteiger partial charge in [-0.1, -0.05) is 0 Å². The Kier molecular flexibility index (Phi) is 6.32. The second kappa shape index (κ2) is 7.79. The molecule has 1 heterocycles. The number of methoxy groups -OCH3 is 1. The van der Waals surface area contributed by atoms with Crippen LogP contribution in [0.5, 0.6) is 0 Å². The number of hydrogen-bond acceptors (Lipinski definition) is 4. The molecule has 0 fully saturated rings. The molecular weight excluding hydrogens is 230 g/mol. The van der Waals surface area contributed by atoms with Gasteiger partial charge in [-0.05, 0) is 31.5 Å². The standard InChI is InChI=1S/C13H21N3O2/c1-10(12-4-6-14-7-5-12)16-11(2)13(17)15-8-9-18-3/h4-7,10-11,16H,8-9H2,1-3H3,(H,15,17). The van der Waals surface area contributed by atoms with Crippen molar-refractivity contribution < 1.29 is 9.53 Å². The van der Waals surface area contributed by atoms with Crippen molar-refractivity contribution in [1.82, 2.24) is 15.6 Å². The number of ether oxygens (including phenoxy) is 1. The quantitative estimate of drug-likeness (QED) is 0.706. The number of aromatic nitrogens is 1. The lowest BCUT2D eigenvalue weighted by atomic mass is 10.1. The second-order valence-corrected chi connectivity index (χ2v) is 4.17. The first-order valence-corrected chi connectivity index (χ1v) is 6.07. The van der Waals surface area contributed by atoms with Crippen LogP contribution in [0.15, 0.2) is 24.5 Å². The van der Waals surface area contributed by atoms with Crippen molar-refractivity contribution in [1.29, 1.82) is 0 Å². The van der Waals surface area contributed by atoms with E-state index in [1.165, 1.54) is 0 Å². The van der Waals surface area contributed by atoms with E-state index in [-0.39, 0.29) is 18.0 Å². The molecule has 1 rings (SSSR count). The highest BCUT2D eigenvalue weighted by Crippen LogP contribution is 2.10. The number of nitrogens with zero attached hydrogens (tertiary/aromatic N) is 1. The van der Waals surface area contributed by atoms with Crippen LogP contribution in [0.3, 0.4) is 0 Å². The maximum absolute atomic E-state index is 11.7. The Bertz CT molecular complexity index is 357. The lowest BCUT2D eigenvalue weighted by Crippen LogP contribution is -2.44. The van der Waals surface area contributed by atoms with E-state index in [1.54, 1.807) is 19.5 Å². The molecule has 0 saturated carbocycles. The minimum absolute atomic E-state index is 0.0204. The Balaban J connectivity index is 2.39. The second-order valence-electron chi connectivity index (χ2n) is 4.17. The minimum atomic E-state index is -0.245. The number of rotatable bonds is 7. The number of amides is 1. The van der Waals surface area contributed by atoms with Crippen LogP contribution in [-0.4, -0.2) is 37.2 Å². The number of carbonyl (C=O) groups is 1. The van der Waals surface area contributed by atoms with Gasteiger partial charge in [0.2, 0.25) is 5.91 Å². The van der Waals surface area contributed by atoms with E-state index in [4.69, 9.17) is 4.74 Å². The van der Waals surface area contributed by atoms with E-state index in [9.17, 15) is 4.79 Å². The van der Waals surface area contributed by atoms with Gasteiger partial charge in [0, 0.05) is 32.1 Å². The molecule has 0 aromatic carbocycles. The lowest BCUT2D eigenvalue weighted by molar-refractivity contribution is -0.123. The first-order valence-electron chi connectivity index (χ1n) is 6.07. The summed E-state index contributed by atoms with van der Waals surface area (Å²) < 4.78 is 4.88. The maximum atomic E-state index is 11.7. The molecule has 1 aromatic rings. The highest BCUT2D eigenvalue weighted by atomic mass is 16.5. The third-order valence-electron chi connectivity index (χ3n) is 2.70. The van der Waals surface area contributed by atoms with Gasteiger partial charge in [0.1, 0.15) is 0 Å². The van der Waals surface area contributed by atoms with Gasteiger partial charge < -0.3 is 10.1 Å². The van der Waals surface area contributed by atoms with Gasteiger partial charge in [-0.15, -0.1) is 0 Å². The van der Waals surface area contributed by atoms with Crippen molar-refractivity contribution in [2.75, 3.05) is 20.3 Å². The smallest absolute Gasteiger partial charge is 0.236 e. The van der Waals surface area contributed by atoms with E-state index in [0.717, 1.165) is 5.56 Å². The average Bonchev–Trinajstić information content (AvgIpc) is 2.39. The zero-order valence-corrected chi connectivity index (χ0v) is 11.1. The van der Waals surface area contributed by atoms with Crippen molar-refractivity contribution in [2.24, 2.45) is 0 Å². The van der Waals surface area contributed by atoms with E-state index in [2.05, 4.69) is 15.6 Å². The molecule has 2 atom stereocenters. The van der Waals surface area contributed by atoms with Crippen LogP contribution >= 0.6 is 0 Å². The SMILES string of the molecule is COCCNC(=O)C(C)NC(C)c1ccncc1. The molecule has 0 radical (unpaired) electrons. The van der Waals surface area contributed by atoms with Crippen molar-refractivity contribution in [3.8, 4) is 0 Å². The molecular formula is C13H21N3O2. The van der Waals surface area contributed by atoms with Gasteiger partial charge in [0.25, 0.3) is 0 Å². The molecule has 5 heteroatoms. The molecule has 0 bridgehead atoms. The molecule has 1 aromatic heterocycles. The van der Waals surface area contributed by atoms with E-state index >= 15 is 0 Å². The summed E-state index contributed by atoms with van der Waals surface area (Å²) in [6.07, 6.45) is 3.49. The van der Waals surface area contributed by atoms with Gasteiger partial charge >= 0.3 is 0 Å². The van der Waals surface area contributed by atoms with E-state index < -0.39 is 0 Å². The Morgan fingerprint density at radius 1 is 1.39 bits per heavy atom. The Morgan fingerprint density at radius 3 is 2.67 bits per heavy atom. The minimum Gasteiger partial charge on any atom is -0.383 e. The van der Waals surface area contributed by atoms with E-state index in [0.29, 0.717) is 13.2 Å². The monoisotopic (exact) mass is 251 g/mol. The molecule has 100 valence electrons. The summed E-state index contributed by atoms with van der Waals surface area (Å²) in [5.74, 6) is -0.0204. The Morgan fingerprint density at radius 2 is 2.06 bits per heavy atom. The molecule has 0 aliphatic heterocycles. The van der Waals surface area contributed by atoms with Crippen LogP contribution in [-0.2, 0) is 9.53 Å². The number of carbonyl (C=O) groups excluding carboxylic acids is 1. The molecule has 0 aliphatic carbocycles. The first kappa shape index (κ1) is 14.6.